The fraction of sp³-hybridized carbons (Fsp3) is 0.393. The molecule has 4 aromatic rings. The summed E-state index contributed by atoms with van der Waals surface area (Å²) in [5, 5.41) is 19.3. The average Bonchev–Trinajstić information content (AvgIpc) is 3.55. The molecule has 1 aliphatic rings. The predicted octanol–water partition coefficient (Wildman–Crippen LogP) is 4.84. The van der Waals surface area contributed by atoms with E-state index in [2.05, 4.69) is 15.1 Å². The molecule has 0 amide bonds. The van der Waals surface area contributed by atoms with E-state index in [1.54, 1.807) is 32.0 Å². The van der Waals surface area contributed by atoms with Gasteiger partial charge in [0.1, 0.15) is 29.9 Å². The van der Waals surface area contributed by atoms with Crippen LogP contribution in [-0.2, 0) is 14.9 Å². The highest BCUT2D eigenvalue weighted by Gasteiger charge is 2.44. The zero-order valence-corrected chi connectivity index (χ0v) is 23.5. The van der Waals surface area contributed by atoms with Crippen LogP contribution in [0.25, 0.3) is 22.6 Å². The number of nitrogens with zero attached hydrogens (tertiary/aromatic N) is 3. The van der Waals surface area contributed by atoms with Gasteiger partial charge in [-0.1, -0.05) is 18.2 Å². The minimum Gasteiger partial charge on any atom is -0.490 e. The van der Waals surface area contributed by atoms with E-state index >= 15 is 0 Å². The van der Waals surface area contributed by atoms with Crippen molar-refractivity contribution in [1.29, 1.82) is 0 Å². The first-order valence-corrected chi connectivity index (χ1v) is 12.7. The lowest BCUT2D eigenvalue weighted by Crippen LogP contribution is -2.50. The number of aliphatic hydroxyl groups excluding tert-OH is 1. The Hall–Kier alpha value is -3.28. The predicted molar refractivity (Wildman–Crippen MR) is 146 cm³/mol. The lowest BCUT2D eigenvalue weighted by Gasteiger charge is -2.40. The quantitative estimate of drug-likeness (QED) is 0.268. The van der Waals surface area contributed by atoms with Crippen LogP contribution >= 0.6 is 17.0 Å². The molecule has 0 bridgehead atoms. The summed E-state index contributed by atoms with van der Waals surface area (Å²) in [6.45, 7) is 5.39. The van der Waals surface area contributed by atoms with Gasteiger partial charge in [0.15, 0.2) is 5.76 Å². The molecule has 1 fully saturated rings. The maximum atomic E-state index is 13.5. The van der Waals surface area contributed by atoms with Crippen LogP contribution in [0.1, 0.15) is 31.2 Å². The van der Waals surface area contributed by atoms with Crippen LogP contribution in [0.3, 0.4) is 0 Å². The minimum absolute atomic E-state index is 0. The maximum Gasteiger partial charge on any atom is 0.316 e. The first-order chi connectivity index (χ1) is 18.4. The Morgan fingerprint density at radius 2 is 1.90 bits per heavy atom. The molecule has 208 valence electrons. The molecule has 9 nitrogen and oxygen atoms in total. The summed E-state index contributed by atoms with van der Waals surface area (Å²) in [4.78, 5) is 15.1. The Morgan fingerprint density at radius 3 is 2.56 bits per heavy atom. The summed E-state index contributed by atoms with van der Waals surface area (Å²) < 4.78 is 36.1. The fourth-order valence-corrected chi connectivity index (χ4v) is 4.96. The number of benzene rings is 2. The lowest BCUT2D eigenvalue weighted by molar-refractivity contribution is -0.152. The number of esters is 1. The van der Waals surface area contributed by atoms with Crippen LogP contribution in [0.15, 0.2) is 57.4 Å². The molecule has 0 unspecified atom stereocenters. The minimum atomic E-state index is -0.826. The Kier molecular flexibility index (Phi) is 9.04. The summed E-state index contributed by atoms with van der Waals surface area (Å²) in [6.07, 6.45) is 0.269. The number of ether oxygens (including phenoxy) is 2. The maximum absolute atomic E-state index is 13.5. The Morgan fingerprint density at radius 1 is 1.15 bits per heavy atom. The van der Waals surface area contributed by atoms with Crippen molar-refractivity contribution < 1.29 is 32.6 Å². The van der Waals surface area contributed by atoms with E-state index in [0.29, 0.717) is 55.5 Å². The van der Waals surface area contributed by atoms with Gasteiger partial charge in [0.25, 0.3) is 5.89 Å². The third kappa shape index (κ3) is 6.15. The fourth-order valence-electron chi connectivity index (χ4n) is 4.96. The van der Waals surface area contributed by atoms with E-state index in [9.17, 15) is 14.3 Å². The second kappa shape index (κ2) is 12.3. The van der Waals surface area contributed by atoms with Gasteiger partial charge in [-0.2, -0.15) is 0 Å². The standard InChI is InChI=1S/C28H30FN3O6.BrH/c1-3-35-27(34)28(19-7-9-20(29)10-8-19)11-13-32(14-12-28)16-21(33)17-36-23-5-4-6-24-22(23)15-25(38-24)26-31-30-18(2)37-26;/h4-10,15,21,33H,3,11-14,16-17H2,1-2H3;1H/t21-;/m0./s1. The summed E-state index contributed by atoms with van der Waals surface area (Å²) in [6, 6.07) is 13.3. The van der Waals surface area contributed by atoms with Gasteiger partial charge in [-0.3, -0.25) is 4.79 Å². The van der Waals surface area contributed by atoms with Crippen molar-refractivity contribution >= 4 is 33.9 Å². The molecule has 11 heteroatoms. The smallest absolute Gasteiger partial charge is 0.316 e. The first-order valence-electron chi connectivity index (χ1n) is 12.7. The van der Waals surface area contributed by atoms with E-state index in [1.165, 1.54) is 12.1 Å². The van der Waals surface area contributed by atoms with Crippen LogP contribution in [0.4, 0.5) is 4.39 Å². The number of piperidine rings is 1. The highest BCUT2D eigenvalue weighted by atomic mass is 79.9. The number of halogens is 2. The van der Waals surface area contributed by atoms with Crippen molar-refractivity contribution in [2.45, 2.75) is 38.2 Å². The number of hydrogen-bond donors (Lipinski definition) is 1. The molecule has 0 saturated carbocycles. The second-order valence-corrected chi connectivity index (χ2v) is 9.48. The molecule has 0 aliphatic carbocycles. The van der Waals surface area contributed by atoms with Crippen LogP contribution in [-0.4, -0.2) is 65.1 Å². The molecule has 1 N–H and O–H groups in total. The van der Waals surface area contributed by atoms with Gasteiger partial charge >= 0.3 is 5.97 Å². The molecule has 2 aromatic heterocycles. The molecular formula is C28H31BrFN3O6. The molecule has 1 saturated heterocycles. The number of carbonyl (C=O) groups excluding carboxylic acids is 1. The number of aliphatic hydroxyl groups is 1. The van der Waals surface area contributed by atoms with E-state index in [-0.39, 0.29) is 47.9 Å². The van der Waals surface area contributed by atoms with Gasteiger partial charge in [0.2, 0.25) is 5.89 Å². The molecule has 3 heterocycles. The Balaban J connectivity index is 0.00000353. The van der Waals surface area contributed by atoms with E-state index in [0.717, 1.165) is 10.9 Å². The van der Waals surface area contributed by atoms with E-state index in [1.807, 2.05) is 18.2 Å². The molecule has 5 rings (SSSR count). The highest BCUT2D eigenvalue weighted by molar-refractivity contribution is 8.93. The van der Waals surface area contributed by atoms with E-state index in [4.69, 9.17) is 18.3 Å². The normalized spacial score (nSPS) is 16.0. The molecule has 0 radical (unpaired) electrons. The topological polar surface area (TPSA) is 111 Å². The number of aromatic nitrogens is 2. The summed E-state index contributed by atoms with van der Waals surface area (Å²) in [5.74, 6) is 1.10. The molecular weight excluding hydrogens is 573 g/mol. The van der Waals surface area contributed by atoms with Crippen LogP contribution < -0.4 is 4.74 Å². The van der Waals surface area contributed by atoms with Crippen molar-refractivity contribution in [2.75, 3.05) is 32.8 Å². The summed E-state index contributed by atoms with van der Waals surface area (Å²) >= 11 is 0. The van der Waals surface area contributed by atoms with Gasteiger partial charge in [-0.15, -0.1) is 27.2 Å². The zero-order valence-electron chi connectivity index (χ0n) is 21.8. The number of carbonyl (C=O) groups is 1. The van der Waals surface area contributed by atoms with Crippen molar-refractivity contribution in [3.8, 4) is 17.4 Å². The number of furan rings is 1. The monoisotopic (exact) mass is 603 g/mol. The number of fused-ring (bicyclic) bond motifs is 1. The highest BCUT2D eigenvalue weighted by Crippen LogP contribution is 2.37. The molecule has 39 heavy (non-hydrogen) atoms. The van der Waals surface area contributed by atoms with Gasteiger partial charge in [-0.25, -0.2) is 4.39 Å². The van der Waals surface area contributed by atoms with Crippen molar-refractivity contribution in [1.82, 2.24) is 15.1 Å². The summed E-state index contributed by atoms with van der Waals surface area (Å²) in [5.41, 5.74) is 0.534. The van der Waals surface area contributed by atoms with E-state index < -0.39 is 11.5 Å². The number of rotatable bonds is 9. The van der Waals surface area contributed by atoms with Crippen LogP contribution in [0, 0.1) is 12.7 Å². The molecule has 1 aliphatic heterocycles. The summed E-state index contributed by atoms with van der Waals surface area (Å²) in [7, 11) is 0. The van der Waals surface area contributed by atoms with Crippen molar-refractivity contribution in [3.05, 3.63) is 65.8 Å². The largest absolute Gasteiger partial charge is 0.490 e. The number of hydrogen-bond acceptors (Lipinski definition) is 9. The number of aryl methyl sites for hydroxylation is 1. The van der Waals surface area contributed by atoms with Gasteiger partial charge in [0.05, 0.1) is 17.4 Å². The molecule has 1 atom stereocenters. The average molecular weight is 604 g/mol. The Bertz CT molecular complexity index is 1400. The molecule has 0 spiro atoms. The van der Waals surface area contributed by atoms with Crippen LogP contribution in [0.5, 0.6) is 5.75 Å². The van der Waals surface area contributed by atoms with Gasteiger partial charge in [-0.05, 0) is 62.7 Å². The first kappa shape index (κ1) is 28.7. The third-order valence-corrected chi connectivity index (χ3v) is 6.93. The lowest BCUT2D eigenvalue weighted by atomic mass is 9.72. The Labute approximate surface area is 235 Å². The number of β-amino-alcohol motifs (C(OH)–C–C–N with tert-alkyl or cyclic N) is 1. The molecule has 2 aromatic carbocycles. The second-order valence-electron chi connectivity index (χ2n) is 9.48. The third-order valence-electron chi connectivity index (χ3n) is 6.93. The van der Waals surface area contributed by atoms with Crippen molar-refractivity contribution in [2.24, 2.45) is 0 Å². The number of likely N-dealkylation sites (tertiary alicyclic amines) is 1. The van der Waals surface area contributed by atoms with Crippen LogP contribution in [0.2, 0.25) is 0 Å². The van der Waals surface area contributed by atoms with Gasteiger partial charge < -0.3 is 28.3 Å². The van der Waals surface area contributed by atoms with Crippen molar-refractivity contribution in [3.63, 3.8) is 0 Å². The zero-order chi connectivity index (χ0) is 26.7. The van der Waals surface area contributed by atoms with Gasteiger partial charge in [0, 0.05) is 19.5 Å². The SMILES string of the molecule is Br.CCOC(=O)C1(c2ccc(F)cc2)CCN(C[C@H](O)COc2cccc3oc(-c4nnc(C)o4)cc23)CC1.